The van der Waals surface area contributed by atoms with Crippen LogP contribution in [0.1, 0.15) is 48.2 Å². The molecule has 0 fully saturated rings. The summed E-state index contributed by atoms with van der Waals surface area (Å²) in [6.45, 7) is 5.66. The number of carbonyl (C=O) groups excluding carboxylic acids is 1. The van der Waals surface area contributed by atoms with E-state index in [2.05, 4.69) is 15.0 Å². The van der Waals surface area contributed by atoms with E-state index in [1.165, 1.54) is 0 Å². The summed E-state index contributed by atoms with van der Waals surface area (Å²) in [6.07, 6.45) is 0.752. The van der Waals surface area contributed by atoms with E-state index < -0.39 is 11.9 Å². The van der Waals surface area contributed by atoms with Crippen molar-refractivity contribution < 1.29 is 19.2 Å². The lowest BCUT2D eigenvalue weighted by molar-refractivity contribution is 0.0650. The number of aromatic nitrogens is 1. The second-order valence-electron chi connectivity index (χ2n) is 4.07. The molecule has 1 rings (SSSR count). The summed E-state index contributed by atoms with van der Waals surface area (Å²) < 4.78 is 4.48. The molecule has 6 nitrogen and oxygen atoms in total. The molecule has 1 aromatic heterocycles. The lowest BCUT2D eigenvalue weighted by atomic mass is 10.0. The maximum atomic E-state index is 11.6. The van der Waals surface area contributed by atoms with Crippen LogP contribution in [0.2, 0.25) is 0 Å². The molecular formula is C10H14N2O4. The lowest BCUT2D eigenvalue weighted by Gasteiger charge is -2.23. The van der Waals surface area contributed by atoms with Gasteiger partial charge >= 0.3 is 5.97 Å². The first-order chi connectivity index (χ1) is 7.35. The number of carboxylic acids is 1. The van der Waals surface area contributed by atoms with Crippen LogP contribution in [0.15, 0.2) is 10.6 Å². The van der Waals surface area contributed by atoms with E-state index in [-0.39, 0.29) is 17.0 Å². The number of aromatic carboxylic acids is 1. The number of amides is 1. The maximum Gasteiger partial charge on any atom is 0.374 e. The van der Waals surface area contributed by atoms with E-state index in [1.807, 2.05) is 20.8 Å². The molecular weight excluding hydrogens is 212 g/mol. The highest BCUT2D eigenvalue weighted by Gasteiger charge is 2.22. The molecule has 0 unspecified atom stereocenters. The van der Waals surface area contributed by atoms with E-state index in [0.717, 1.165) is 12.5 Å². The Balaban J connectivity index is 2.77. The first kappa shape index (κ1) is 12.2. The molecule has 0 saturated heterocycles. The van der Waals surface area contributed by atoms with Gasteiger partial charge in [-0.05, 0) is 20.3 Å². The predicted octanol–water partition coefficient (Wildman–Crippen LogP) is 1.29. The summed E-state index contributed by atoms with van der Waals surface area (Å²) in [5.41, 5.74) is -0.390. The molecule has 1 aromatic rings. The summed E-state index contributed by atoms with van der Waals surface area (Å²) in [4.78, 5) is 22.1. The molecule has 2 N–H and O–H groups in total. The van der Waals surface area contributed by atoms with E-state index in [1.54, 1.807) is 0 Å². The van der Waals surface area contributed by atoms with Crippen LogP contribution in [0.3, 0.4) is 0 Å². The molecule has 88 valence electrons. The highest BCUT2D eigenvalue weighted by Crippen LogP contribution is 2.09. The van der Waals surface area contributed by atoms with Crippen molar-refractivity contribution >= 4 is 11.9 Å². The Hall–Kier alpha value is -1.85. The summed E-state index contributed by atoms with van der Waals surface area (Å²) in [5, 5.41) is 14.7. The van der Waals surface area contributed by atoms with E-state index >= 15 is 0 Å². The third kappa shape index (κ3) is 2.82. The molecule has 1 amide bonds. The molecule has 0 saturated carbocycles. The summed E-state index contributed by atoms with van der Waals surface area (Å²) in [5.74, 6) is -2.04. The molecule has 0 spiro atoms. The monoisotopic (exact) mass is 226 g/mol. The zero-order valence-corrected chi connectivity index (χ0v) is 9.40. The first-order valence-electron chi connectivity index (χ1n) is 4.88. The van der Waals surface area contributed by atoms with Crippen LogP contribution in [0.5, 0.6) is 0 Å². The number of carbonyl (C=O) groups is 2. The Morgan fingerprint density at radius 3 is 2.62 bits per heavy atom. The molecule has 0 atom stereocenters. The van der Waals surface area contributed by atoms with Crippen molar-refractivity contribution in [3.63, 3.8) is 0 Å². The van der Waals surface area contributed by atoms with E-state index in [9.17, 15) is 9.59 Å². The molecule has 16 heavy (non-hydrogen) atoms. The van der Waals surface area contributed by atoms with Gasteiger partial charge in [-0.15, -0.1) is 0 Å². The highest BCUT2D eigenvalue weighted by molar-refractivity contribution is 5.95. The van der Waals surface area contributed by atoms with Gasteiger partial charge in [-0.1, -0.05) is 12.1 Å². The topological polar surface area (TPSA) is 92.4 Å². The third-order valence-corrected chi connectivity index (χ3v) is 2.29. The normalized spacial score (nSPS) is 11.2. The minimum atomic E-state index is -1.25. The third-order valence-electron chi connectivity index (χ3n) is 2.29. The SMILES string of the molecule is CCC(C)(C)NC(=O)c1cc(C(=O)O)on1. The molecule has 0 bridgehead atoms. The van der Waals surface area contributed by atoms with Gasteiger partial charge in [-0.25, -0.2) is 4.79 Å². The minimum absolute atomic E-state index is 0.0288. The van der Waals surface area contributed by atoms with Crippen molar-refractivity contribution in [3.8, 4) is 0 Å². The van der Waals surface area contributed by atoms with Crippen molar-refractivity contribution in [2.75, 3.05) is 0 Å². The fourth-order valence-corrected chi connectivity index (χ4v) is 0.943. The number of nitrogens with one attached hydrogen (secondary N) is 1. The first-order valence-corrected chi connectivity index (χ1v) is 4.88. The van der Waals surface area contributed by atoms with E-state index in [0.29, 0.717) is 0 Å². The van der Waals surface area contributed by atoms with Crippen LogP contribution in [-0.4, -0.2) is 27.7 Å². The Morgan fingerprint density at radius 2 is 2.19 bits per heavy atom. The number of nitrogens with zero attached hydrogens (tertiary/aromatic N) is 1. The van der Waals surface area contributed by atoms with Crippen LogP contribution in [0, 0.1) is 0 Å². The highest BCUT2D eigenvalue weighted by atomic mass is 16.5. The van der Waals surface area contributed by atoms with Crippen LogP contribution in [-0.2, 0) is 0 Å². The van der Waals surface area contributed by atoms with Gasteiger partial charge in [0.2, 0.25) is 5.76 Å². The summed E-state index contributed by atoms with van der Waals surface area (Å²) in [7, 11) is 0. The zero-order chi connectivity index (χ0) is 12.3. The predicted molar refractivity (Wildman–Crippen MR) is 55.3 cm³/mol. The van der Waals surface area contributed by atoms with Gasteiger partial charge in [0.1, 0.15) is 0 Å². The van der Waals surface area contributed by atoms with Crippen molar-refractivity contribution in [3.05, 3.63) is 17.5 Å². The average molecular weight is 226 g/mol. The quantitative estimate of drug-likeness (QED) is 0.807. The molecule has 0 aliphatic heterocycles. The zero-order valence-electron chi connectivity index (χ0n) is 9.40. The fourth-order valence-electron chi connectivity index (χ4n) is 0.943. The molecule has 0 aliphatic carbocycles. The minimum Gasteiger partial charge on any atom is -0.475 e. The van der Waals surface area contributed by atoms with Crippen LogP contribution < -0.4 is 5.32 Å². The maximum absolute atomic E-state index is 11.6. The Kier molecular flexibility index (Phi) is 3.31. The van der Waals surface area contributed by atoms with Gasteiger partial charge in [0.25, 0.3) is 5.91 Å². The van der Waals surface area contributed by atoms with Gasteiger partial charge in [0.05, 0.1) is 0 Å². The van der Waals surface area contributed by atoms with Crippen molar-refractivity contribution in [1.82, 2.24) is 10.5 Å². The second kappa shape index (κ2) is 4.34. The van der Waals surface area contributed by atoms with Crippen LogP contribution >= 0.6 is 0 Å². The average Bonchev–Trinajstić information content (AvgIpc) is 2.66. The van der Waals surface area contributed by atoms with Crippen molar-refractivity contribution in [2.24, 2.45) is 0 Å². The molecule has 0 aliphatic rings. The van der Waals surface area contributed by atoms with Gasteiger partial charge in [0, 0.05) is 11.6 Å². The van der Waals surface area contributed by atoms with Crippen molar-refractivity contribution in [2.45, 2.75) is 32.7 Å². The number of carboxylic acid groups (broad SMARTS) is 1. The second-order valence-corrected chi connectivity index (χ2v) is 4.07. The van der Waals surface area contributed by atoms with E-state index in [4.69, 9.17) is 5.11 Å². The lowest BCUT2D eigenvalue weighted by Crippen LogP contribution is -2.42. The summed E-state index contributed by atoms with van der Waals surface area (Å²) in [6, 6.07) is 1.10. The smallest absolute Gasteiger partial charge is 0.374 e. The van der Waals surface area contributed by atoms with Crippen LogP contribution in [0.4, 0.5) is 0 Å². The van der Waals surface area contributed by atoms with Crippen molar-refractivity contribution in [1.29, 1.82) is 0 Å². The Bertz CT molecular complexity index is 409. The fraction of sp³-hybridized carbons (Fsp3) is 0.500. The van der Waals surface area contributed by atoms with Gasteiger partial charge in [-0.3, -0.25) is 4.79 Å². The van der Waals surface area contributed by atoms with Gasteiger partial charge < -0.3 is 14.9 Å². The Morgan fingerprint density at radius 1 is 1.56 bits per heavy atom. The molecule has 1 heterocycles. The van der Waals surface area contributed by atoms with Gasteiger partial charge in [0.15, 0.2) is 5.69 Å². The standard InChI is InChI=1S/C10H14N2O4/c1-4-10(2,3)11-8(13)6-5-7(9(14)15)16-12-6/h5H,4H2,1-3H3,(H,11,13)(H,14,15). The molecule has 0 radical (unpaired) electrons. The number of hydrogen-bond donors (Lipinski definition) is 2. The molecule has 0 aromatic carbocycles. The summed E-state index contributed by atoms with van der Waals surface area (Å²) >= 11 is 0. The van der Waals surface area contributed by atoms with Crippen LogP contribution in [0.25, 0.3) is 0 Å². The Labute approximate surface area is 92.6 Å². The number of rotatable bonds is 4. The largest absolute Gasteiger partial charge is 0.475 e. The number of hydrogen-bond acceptors (Lipinski definition) is 4. The van der Waals surface area contributed by atoms with Gasteiger partial charge in [-0.2, -0.15) is 0 Å². The molecule has 6 heteroatoms.